The molecule has 1 N–H and O–H groups in total. The minimum Gasteiger partial charge on any atom is -0.344 e. The molecule has 1 aromatic rings. The Labute approximate surface area is 130 Å². The van der Waals surface area contributed by atoms with Crippen LogP contribution in [0.1, 0.15) is 18.9 Å². The van der Waals surface area contributed by atoms with Crippen molar-refractivity contribution in [2.45, 2.75) is 31.8 Å². The third-order valence-corrected chi connectivity index (χ3v) is 4.34. The van der Waals surface area contributed by atoms with Crippen molar-refractivity contribution in [2.75, 3.05) is 18.6 Å². The molecule has 0 aliphatic carbocycles. The summed E-state index contributed by atoms with van der Waals surface area (Å²) in [4.78, 5) is 26.5. The zero-order valence-corrected chi connectivity index (χ0v) is 13.4. The Balaban J connectivity index is 2.14. The lowest BCUT2D eigenvalue weighted by Gasteiger charge is -2.28. The van der Waals surface area contributed by atoms with Gasteiger partial charge in [-0.1, -0.05) is 30.3 Å². The average molecular weight is 306 g/mol. The Kier molecular flexibility index (Phi) is 5.67. The Morgan fingerprint density at radius 3 is 2.67 bits per heavy atom. The topological polar surface area (TPSA) is 49.4 Å². The Morgan fingerprint density at radius 1 is 1.29 bits per heavy atom. The Morgan fingerprint density at radius 2 is 2.00 bits per heavy atom. The second-order valence-corrected chi connectivity index (χ2v) is 6.37. The van der Waals surface area contributed by atoms with Crippen molar-refractivity contribution in [2.24, 2.45) is 0 Å². The number of benzene rings is 1. The van der Waals surface area contributed by atoms with Gasteiger partial charge in [0.25, 0.3) is 0 Å². The predicted molar refractivity (Wildman–Crippen MR) is 86.3 cm³/mol. The van der Waals surface area contributed by atoms with E-state index in [4.69, 9.17) is 0 Å². The molecule has 0 aromatic heterocycles. The molecule has 0 radical (unpaired) electrons. The van der Waals surface area contributed by atoms with Crippen LogP contribution in [-0.2, 0) is 16.0 Å². The molecule has 1 saturated heterocycles. The number of nitrogens with zero attached hydrogens (tertiary/aromatic N) is 1. The number of nitrogens with one attached hydrogen (secondary N) is 1. The highest BCUT2D eigenvalue weighted by molar-refractivity contribution is 7.98. The molecule has 1 aromatic carbocycles. The second kappa shape index (κ2) is 7.50. The van der Waals surface area contributed by atoms with Crippen LogP contribution >= 0.6 is 11.8 Å². The van der Waals surface area contributed by atoms with Crippen LogP contribution in [0.25, 0.3) is 0 Å². The Bertz CT molecular complexity index is 492. The summed E-state index contributed by atoms with van der Waals surface area (Å²) in [5, 5.41) is 2.88. The van der Waals surface area contributed by atoms with Gasteiger partial charge in [0.05, 0.1) is 0 Å². The number of hydrogen-bond acceptors (Lipinski definition) is 3. The smallest absolute Gasteiger partial charge is 0.245 e. The summed E-state index contributed by atoms with van der Waals surface area (Å²) in [7, 11) is 0. The molecular weight excluding hydrogens is 284 g/mol. The number of carbonyl (C=O) groups is 2. The van der Waals surface area contributed by atoms with Crippen LogP contribution in [0.15, 0.2) is 30.3 Å². The zero-order valence-electron chi connectivity index (χ0n) is 12.5. The van der Waals surface area contributed by atoms with Gasteiger partial charge in [-0.25, -0.2) is 0 Å². The first-order valence-electron chi connectivity index (χ1n) is 7.24. The van der Waals surface area contributed by atoms with E-state index in [0.29, 0.717) is 19.4 Å². The summed E-state index contributed by atoms with van der Waals surface area (Å²) in [6.45, 7) is 2.64. The predicted octanol–water partition coefficient (Wildman–Crippen LogP) is 1.70. The standard InChI is InChI=1S/C16H22N2O2S/c1-12-10-15(19)17-14(11-13-6-4-3-5-7-13)16(20)18(12)8-9-21-2/h3-7,12,14H,8-11H2,1-2H3,(H,17,19). The van der Waals surface area contributed by atoms with E-state index in [-0.39, 0.29) is 17.9 Å². The van der Waals surface area contributed by atoms with E-state index in [0.717, 1.165) is 11.3 Å². The quantitative estimate of drug-likeness (QED) is 0.901. The molecule has 0 spiro atoms. The molecule has 114 valence electrons. The summed E-state index contributed by atoms with van der Waals surface area (Å²) in [5.74, 6) is 0.886. The first kappa shape index (κ1) is 15.9. The van der Waals surface area contributed by atoms with E-state index in [1.165, 1.54) is 0 Å². The number of rotatable bonds is 5. The highest BCUT2D eigenvalue weighted by Gasteiger charge is 2.33. The van der Waals surface area contributed by atoms with Gasteiger partial charge in [0.15, 0.2) is 0 Å². The first-order valence-corrected chi connectivity index (χ1v) is 8.64. The first-order chi connectivity index (χ1) is 10.1. The van der Waals surface area contributed by atoms with Crippen molar-refractivity contribution in [1.29, 1.82) is 0 Å². The average Bonchev–Trinajstić information content (AvgIpc) is 2.56. The number of carbonyl (C=O) groups excluding carboxylic acids is 2. The molecule has 2 rings (SSSR count). The number of thioether (sulfide) groups is 1. The summed E-state index contributed by atoms with van der Waals surface area (Å²) < 4.78 is 0. The minimum atomic E-state index is -0.452. The third-order valence-electron chi connectivity index (χ3n) is 3.75. The van der Waals surface area contributed by atoms with Gasteiger partial charge in [0, 0.05) is 31.2 Å². The zero-order chi connectivity index (χ0) is 15.2. The van der Waals surface area contributed by atoms with Crippen LogP contribution in [0.5, 0.6) is 0 Å². The van der Waals surface area contributed by atoms with Gasteiger partial charge in [0.1, 0.15) is 6.04 Å². The van der Waals surface area contributed by atoms with Crippen molar-refractivity contribution in [3.63, 3.8) is 0 Å². The van der Waals surface area contributed by atoms with Crippen LogP contribution in [0, 0.1) is 0 Å². The maximum atomic E-state index is 12.7. The lowest BCUT2D eigenvalue weighted by molar-refractivity contribution is -0.134. The van der Waals surface area contributed by atoms with E-state index >= 15 is 0 Å². The number of amides is 2. The fourth-order valence-electron chi connectivity index (χ4n) is 2.62. The van der Waals surface area contributed by atoms with Gasteiger partial charge in [-0.05, 0) is 18.7 Å². The van der Waals surface area contributed by atoms with E-state index < -0.39 is 6.04 Å². The van der Waals surface area contributed by atoms with E-state index in [1.54, 1.807) is 11.8 Å². The third kappa shape index (κ3) is 4.24. The summed E-state index contributed by atoms with van der Waals surface area (Å²) >= 11 is 1.71. The molecule has 21 heavy (non-hydrogen) atoms. The molecule has 1 heterocycles. The van der Waals surface area contributed by atoms with E-state index in [1.807, 2.05) is 48.4 Å². The molecule has 1 fully saturated rings. The monoisotopic (exact) mass is 306 g/mol. The van der Waals surface area contributed by atoms with Crippen molar-refractivity contribution in [3.05, 3.63) is 35.9 Å². The molecule has 2 unspecified atom stereocenters. The summed E-state index contributed by atoms with van der Waals surface area (Å²) in [5.41, 5.74) is 1.07. The van der Waals surface area contributed by atoms with Gasteiger partial charge in [-0.3, -0.25) is 9.59 Å². The molecule has 1 aliphatic heterocycles. The van der Waals surface area contributed by atoms with Crippen molar-refractivity contribution < 1.29 is 9.59 Å². The largest absolute Gasteiger partial charge is 0.344 e. The van der Waals surface area contributed by atoms with Crippen molar-refractivity contribution in [3.8, 4) is 0 Å². The molecular formula is C16H22N2O2S. The minimum absolute atomic E-state index is 0.0336. The highest BCUT2D eigenvalue weighted by Crippen LogP contribution is 2.15. The van der Waals surface area contributed by atoms with Crippen LogP contribution in [-0.4, -0.2) is 47.4 Å². The molecule has 2 atom stereocenters. The SMILES string of the molecule is CSCCN1C(=O)C(Cc2ccccc2)NC(=O)CC1C. The van der Waals surface area contributed by atoms with Crippen LogP contribution in [0.3, 0.4) is 0 Å². The maximum Gasteiger partial charge on any atom is 0.245 e. The molecule has 5 heteroatoms. The molecule has 2 amide bonds. The normalized spacial score (nSPS) is 22.9. The number of hydrogen-bond donors (Lipinski definition) is 1. The maximum absolute atomic E-state index is 12.7. The van der Waals surface area contributed by atoms with Gasteiger partial charge in [0.2, 0.25) is 11.8 Å². The summed E-state index contributed by atoms with van der Waals surface area (Å²) in [6.07, 6.45) is 2.96. The fourth-order valence-corrected chi connectivity index (χ4v) is 3.00. The summed E-state index contributed by atoms with van der Waals surface area (Å²) in [6, 6.07) is 9.33. The highest BCUT2D eigenvalue weighted by atomic mass is 32.2. The Hall–Kier alpha value is -1.49. The van der Waals surface area contributed by atoms with Gasteiger partial charge < -0.3 is 10.2 Å². The molecule has 4 nitrogen and oxygen atoms in total. The van der Waals surface area contributed by atoms with Crippen molar-refractivity contribution in [1.82, 2.24) is 10.2 Å². The van der Waals surface area contributed by atoms with E-state index in [9.17, 15) is 9.59 Å². The van der Waals surface area contributed by atoms with Crippen molar-refractivity contribution >= 4 is 23.6 Å². The lowest BCUT2D eigenvalue weighted by atomic mass is 10.0. The van der Waals surface area contributed by atoms with Gasteiger partial charge in [-0.2, -0.15) is 11.8 Å². The van der Waals surface area contributed by atoms with Crippen LogP contribution in [0.4, 0.5) is 0 Å². The fraction of sp³-hybridized carbons (Fsp3) is 0.500. The molecule has 1 aliphatic rings. The second-order valence-electron chi connectivity index (χ2n) is 5.39. The molecule has 0 saturated carbocycles. The van der Waals surface area contributed by atoms with Gasteiger partial charge >= 0.3 is 0 Å². The van der Waals surface area contributed by atoms with E-state index in [2.05, 4.69) is 5.32 Å². The lowest BCUT2D eigenvalue weighted by Crippen LogP contribution is -2.48. The molecule has 0 bridgehead atoms. The van der Waals surface area contributed by atoms with Gasteiger partial charge in [-0.15, -0.1) is 0 Å². The van der Waals surface area contributed by atoms with Crippen LogP contribution in [0.2, 0.25) is 0 Å². The van der Waals surface area contributed by atoms with Crippen LogP contribution < -0.4 is 5.32 Å².